The minimum absolute atomic E-state index is 0.164. The van der Waals surface area contributed by atoms with Crippen LogP contribution in [0.5, 0.6) is 0 Å². The van der Waals surface area contributed by atoms with E-state index in [2.05, 4.69) is 11.3 Å². The first kappa shape index (κ1) is 15.6. The van der Waals surface area contributed by atoms with Crippen molar-refractivity contribution in [1.29, 1.82) is 0 Å². The average Bonchev–Trinajstić information content (AvgIpc) is 2.47. The van der Waals surface area contributed by atoms with Crippen molar-refractivity contribution in [3.8, 4) is 0 Å². The highest BCUT2D eigenvalue weighted by Crippen LogP contribution is 2.07. The molecule has 106 valence electrons. The van der Waals surface area contributed by atoms with Crippen LogP contribution in [0, 0.1) is 0 Å². The zero-order valence-electron chi connectivity index (χ0n) is 11.3. The molecule has 0 saturated heterocycles. The summed E-state index contributed by atoms with van der Waals surface area (Å²) in [6.45, 7) is 5.33. The summed E-state index contributed by atoms with van der Waals surface area (Å²) in [5.41, 5.74) is 1.16. The highest BCUT2D eigenvalue weighted by atomic mass is 16.5. The Kier molecular flexibility index (Phi) is 6.16. The first-order valence-electron chi connectivity index (χ1n) is 6.18. The van der Waals surface area contributed by atoms with Crippen LogP contribution in [0.25, 0.3) is 0 Å². The Labute approximate surface area is 117 Å². The molecular formula is C15H16O5. The number of esters is 2. The highest BCUT2D eigenvalue weighted by molar-refractivity contribution is 6.40. The van der Waals surface area contributed by atoms with E-state index in [1.54, 1.807) is 31.2 Å². The van der Waals surface area contributed by atoms with Crippen molar-refractivity contribution in [3.05, 3.63) is 48.0 Å². The fourth-order valence-electron chi connectivity index (χ4n) is 1.47. The number of hydrogen-bond donors (Lipinski definition) is 0. The number of Topliss-reactive ketones (excluding diaryl/α,β-unsaturated/α-hetero) is 1. The van der Waals surface area contributed by atoms with Gasteiger partial charge in [0, 0.05) is 18.1 Å². The number of ether oxygens (including phenoxy) is 2. The molecule has 0 atom stereocenters. The van der Waals surface area contributed by atoms with Gasteiger partial charge < -0.3 is 9.47 Å². The molecule has 0 fully saturated rings. The summed E-state index contributed by atoms with van der Waals surface area (Å²) in [6.07, 6.45) is 1.62. The summed E-state index contributed by atoms with van der Waals surface area (Å²) in [5.74, 6) is -2.00. The van der Waals surface area contributed by atoms with Gasteiger partial charge in [0.2, 0.25) is 0 Å². The molecule has 5 nitrogen and oxygen atoms in total. The number of carbonyl (C=O) groups is 3. The van der Waals surface area contributed by atoms with E-state index < -0.39 is 17.7 Å². The third-order valence-corrected chi connectivity index (χ3v) is 2.48. The molecule has 0 aliphatic rings. The van der Waals surface area contributed by atoms with Gasteiger partial charge in [0.05, 0.1) is 13.2 Å². The second kappa shape index (κ2) is 7.89. The van der Waals surface area contributed by atoms with E-state index in [1.165, 1.54) is 0 Å². The Morgan fingerprint density at radius 3 is 2.35 bits per heavy atom. The molecule has 0 aromatic heterocycles. The molecule has 0 aliphatic carbocycles. The second-order valence-electron chi connectivity index (χ2n) is 3.87. The van der Waals surface area contributed by atoms with Gasteiger partial charge in [-0.1, -0.05) is 30.8 Å². The van der Waals surface area contributed by atoms with Crippen LogP contribution >= 0.6 is 0 Å². The van der Waals surface area contributed by atoms with Crippen LogP contribution in [0.15, 0.2) is 36.9 Å². The Hall–Kier alpha value is -2.43. The van der Waals surface area contributed by atoms with Gasteiger partial charge in [-0.2, -0.15) is 0 Å². The van der Waals surface area contributed by atoms with Gasteiger partial charge in [-0.3, -0.25) is 4.79 Å². The predicted molar refractivity (Wildman–Crippen MR) is 72.3 cm³/mol. The maximum atomic E-state index is 11.6. The lowest BCUT2D eigenvalue weighted by Gasteiger charge is -2.04. The van der Waals surface area contributed by atoms with Gasteiger partial charge in [-0.15, -0.1) is 0 Å². The zero-order valence-corrected chi connectivity index (χ0v) is 11.3. The normalized spacial score (nSPS) is 9.65. The molecule has 0 heterocycles. The summed E-state index contributed by atoms with van der Waals surface area (Å²) in [6, 6.07) is 6.50. The zero-order chi connectivity index (χ0) is 15.0. The van der Waals surface area contributed by atoms with E-state index in [-0.39, 0.29) is 18.8 Å². The highest BCUT2D eigenvalue weighted by Gasteiger charge is 2.16. The minimum Gasteiger partial charge on any atom is -0.462 e. The molecule has 1 rings (SSSR count). The van der Waals surface area contributed by atoms with Crippen LogP contribution in [0.1, 0.15) is 22.8 Å². The molecule has 0 aliphatic heterocycles. The topological polar surface area (TPSA) is 69.7 Å². The quantitative estimate of drug-likeness (QED) is 0.328. The van der Waals surface area contributed by atoms with E-state index in [1.807, 2.05) is 0 Å². The first-order chi connectivity index (χ1) is 9.58. The number of carbonyl (C=O) groups excluding carboxylic acids is 3. The number of hydrogen-bond acceptors (Lipinski definition) is 5. The molecule has 1 aromatic carbocycles. The molecule has 1 aromatic rings. The summed E-state index contributed by atoms with van der Waals surface area (Å²) in [4.78, 5) is 33.7. The Morgan fingerprint density at radius 2 is 1.80 bits per heavy atom. The van der Waals surface area contributed by atoms with Gasteiger partial charge in [-0.25, -0.2) is 9.59 Å². The predicted octanol–water partition coefficient (Wildman–Crippen LogP) is 1.70. The Bertz CT molecular complexity index is 502. The molecule has 20 heavy (non-hydrogen) atoms. The van der Waals surface area contributed by atoms with E-state index in [4.69, 9.17) is 4.74 Å². The summed E-state index contributed by atoms with van der Waals surface area (Å²) in [5, 5.41) is 0. The van der Waals surface area contributed by atoms with E-state index in [0.717, 1.165) is 11.6 Å². The summed E-state index contributed by atoms with van der Waals surface area (Å²) >= 11 is 0. The van der Waals surface area contributed by atoms with Gasteiger partial charge in [-0.05, 0) is 12.5 Å². The number of rotatable bonds is 7. The SMILES string of the molecule is C=CC(=O)OCCc1ccc(C(=O)C(=O)OCC)cc1. The van der Waals surface area contributed by atoms with Crippen molar-refractivity contribution >= 4 is 17.7 Å². The smallest absolute Gasteiger partial charge is 0.379 e. The maximum absolute atomic E-state index is 11.6. The van der Waals surface area contributed by atoms with Crippen molar-refractivity contribution in [2.24, 2.45) is 0 Å². The van der Waals surface area contributed by atoms with Crippen LogP contribution in [0.4, 0.5) is 0 Å². The molecule has 0 bridgehead atoms. The molecular weight excluding hydrogens is 260 g/mol. The van der Waals surface area contributed by atoms with Gasteiger partial charge >= 0.3 is 11.9 Å². The lowest BCUT2D eigenvalue weighted by Crippen LogP contribution is -2.17. The fourth-order valence-corrected chi connectivity index (χ4v) is 1.47. The number of benzene rings is 1. The summed E-state index contributed by atoms with van der Waals surface area (Å²) < 4.78 is 9.48. The van der Waals surface area contributed by atoms with Crippen molar-refractivity contribution in [1.82, 2.24) is 0 Å². The largest absolute Gasteiger partial charge is 0.462 e. The maximum Gasteiger partial charge on any atom is 0.379 e. The molecule has 0 radical (unpaired) electrons. The van der Waals surface area contributed by atoms with Gasteiger partial charge in [0.25, 0.3) is 5.78 Å². The lowest BCUT2D eigenvalue weighted by molar-refractivity contribution is -0.138. The molecule has 0 saturated carbocycles. The van der Waals surface area contributed by atoms with Crippen LogP contribution in [-0.2, 0) is 25.5 Å². The van der Waals surface area contributed by atoms with Crippen LogP contribution < -0.4 is 0 Å². The van der Waals surface area contributed by atoms with Crippen LogP contribution in [0.2, 0.25) is 0 Å². The van der Waals surface area contributed by atoms with Gasteiger partial charge in [0.15, 0.2) is 0 Å². The fraction of sp³-hybridized carbons (Fsp3) is 0.267. The molecule has 0 N–H and O–H groups in total. The Morgan fingerprint density at radius 1 is 1.15 bits per heavy atom. The molecule has 0 unspecified atom stereocenters. The average molecular weight is 276 g/mol. The van der Waals surface area contributed by atoms with E-state index >= 15 is 0 Å². The van der Waals surface area contributed by atoms with Crippen molar-refractivity contribution in [3.63, 3.8) is 0 Å². The van der Waals surface area contributed by atoms with Crippen molar-refractivity contribution < 1.29 is 23.9 Å². The first-order valence-corrected chi connectivity index (χ1v) is 6.18. The molecule has 5 heteroatoms. The van der Waals surface area contributed by atoms with Crippen molar-refractivity contribution in [2.75, 3.05) is 13.2 Å². The van der Waals surface area contributed by atoms with Crippen molar-refractivity contribution in [2.45, 2.75) is 13.3 Å². The second-order valence-corrected chi connectivity index (χ2v) is 3.87. The minimum atomic E-state index is -0.861. The molecule has 0 spiro atoms. The van der Waals surface area contributed by atoms with Gasteiger partial charge in [0.1, 0.15) is 0 Å². The number of ketones is 1. The third kappa shape index (κ3) is 4.68. The van der Waals surface area contributed by atoms with Crippen LogP contribution in [-0.4, -0.2) is 30.9 Å². The standard InChI is InChI=1S/C15H16O5/c1-3-13(16)20-10-9-11-5-7-12(8-6-11)14(17)15(18)19-4-2/h3,5-8H,1,4,9-10H2,2H3. The summed E-state index contributed by atoms with van der Waals surface area (Å²) in [7, 11) is 0. The third-order valence-electron chi connectivity index (χ3n) is 2.48. The molecule has 0 amide bonds. The van der Waals surface area contributed by atoms with E-state index in [9.17, 15) is 14.4 Å². The van der Waals surface area contributed by atoms with Crippen LogP contribution in [0.3, 0.4) is 0 Å². The lowest BCUT2D eigenvalue weighted by atomic mass is 10.1. The van der Waals surface area contributed by atoms with E-state index in [0.29, 0.717) is 6.42 Å². The monoisotopic (exact) mass is 276 g/mol. The Balaban J connectivity index is 2.56.